The van der Waals surface area contributed by atoms with E-state index in [9.17, 15) is 9.90 Å². The highest BCUT2D eigenvalue weighted by atomic mass is 16.5. The SMILES string of the molecule is CCc1ccc(OC2CCC(NC)(C(=O)O)C2)c(OC)c1. The standard InChI is InChI=1S/C16H23NO4/c1-4-11-5-6-13(14(9-11)20-3)21-12-7-8-16(10-12,17-2)15(18)19/h5-6,9,12,17H,4,7-8,10H2,1-3H3,(H,18,19). The van der Waals surface area contributed by atoms with Crippen molar-refractivity contribution in [1.29, 1.82) is 0 Å². The zero-order chi connectivity index (χ0) is 15.5. The maximum atomic E-state index is 11.4. The lowest BCUT2D eigenvalue weighted by atomic mass is 9.98. The Morgan fingerprint density at radius 1 is 1.48 bits per heavy atom. The molecule has 1 aromatic carbocycles. The number of hydrogen-bond donors (Lipinski definition) is 2. The monoisotopic (exact) mass is 293 g/mol. The number of methoxy groups -OCH3 is 1. The van der Waals surface area contributed by atoms with E-state index in [1.54, 1.807) is 14.2 Å². The minimum atomic E-state index is -0.874. The van der Waals surface area contributed by atoms with Crippen LogP contribution in [0.2, 0.25) is 0 Å². The van der Waals surface area contributed by atoms with Crippen molar-refractivity contribution < 1.29 is 19.4 Å². The molecule has 2 rings (SSSR count). The Labute approximate surface area is 125 Å². The summed E-state index contributed by atoms with van der Waals surface area (Å²) in [5.41, 5.74) is 0.307. The van der Waals surface area contributed by atoms with E-state index in [4.69, 9.17) is 9.47 Å². The minimum absolute atomic E-state index is 0.116. The smallest absolute Gasteiger partial charge is 0.324 e. The van der Waals surface area contributed by atoms with Gasteiger partial charge in [0.2, 0.25) is 0 Å². The van der Waals surface area contributed by atoms with Crippen LogP contribution in [-0.2, 0) is 11.2 Å². The molecule has 5 nitrogen and oxygen atoms in total. The third-order valence-corrected chi connectivity index (χ3v) is 4.29. The van der Waals surface area contributed by atoms with Crippen molar-refractivity contribution in [2.45, 2.75) is 44.2 Å². The van der Waals surface area contributed by atoms with Gasteiger partial charge in [0.1, 0.15) is 11.6 Å². The molecule has 0 aromatic heterocycles. The van der Waals surface area contributed by atoms with Gasteiger partial charge in [-0.2, -0.15) is 0 Å². The van der Waals surface area contributed by atoms with E-state index in [1.807, 2.05) is 18.2 Å². The Morgan fingerprint density at radius 3 is 2.76 bits per heavy atom. The number of carboxylic acid groups (broad SMARTS) is 1. The summed E-state index contributed by atoms with van der Waals surface area (Å²) in [4.78, 5) is 11.4. The highest BCUT2D eigenvalue weighted by molar-refractivity contribution is 5.79. The minimum Gasteiger partial charge on any atom is -0.493 e. The molecule has 2 atom stereocenters. The van der Waals surface area contributed by atoms with Crippen LogP contribution >= 0.6 is 0 Å². The molecule has 0 radical (unpaired) electrons. The van der Waals surface area contributed by atoms with Gasteiger partial charge in [0, 0.05) is 6.42 Å². The summed E-state index contributed by atoms with van der Waals surface area (Å²) in [5, 5.41) is 12.3. The number of aliphatic carboxylic acids is 1. The lowest BCUT2D eigenvalue weighted by Crippen LogP contribution is -2.48. The summed E-state index contributed by atoms with van der Waals surface area (Å²) in [6.45, 7) is 2.08. The average molecular weight is 293 g/mol. The van der Waals surface area contributed by atoms with Crippen LogP contribution in [0.25, 0.3) is 0 Å². The van der Waals surface area contributed by atoms with Crippen molar-refractivity contribution in [2.75, 3.05) is 14.2 Å². The number of likely N-dealkylation sites (N-methyl/N-ethyl adjacent to an activating group) is 1. The topological polar surface area (TPSA) is 67.8 Å². The third-order valence-electron chi connectivity index (χ3n) is 4.29. The van der Waals surface area contributed by atoms with Crippen molar-refractivity contribution in [3.05, 3.63) is 23.8 Å². The van der Waals surface area contributed by atoms with E-state index in [2.05, 4.69) is 12.2 Å². The molecule has 0 saturated heterocycles. The number of ether oxygens (including phenoxy) is 2. The summed E-state index contributed by atoms with van der Waals surface area (Å²) >= 11 is 0. The van der Waals surface area contributed by atoms with Gasteiger partial charge in [-0.3, -0.25) is 4.79 Å². The Balaban J connectivity index is 2.11. The van der Waals surface area contributed by atoms with Crippen LogP contribution in [0.4, 0.5) is 0 Å². The first-order chi connectivity index (χ1) is 10.0. The molecule has 21 heavy (non-hydrogen) atoms. The van der Waals surface area contributed by atoms with Crippen LogP contribution < -0.4 is 14.8 Å². The second-order valence-electron chi connectivity index (χ2n) is 5.46. The predicted octanol–water partition coefficient (Wildman–Crippen LogP) is 2.23. The first-order valence-corrected chi connectivity index (χ1v) is 7.30. The maximum absolute atomic E-state index is 11.4. The van der Waals surface area contributed by atoms with Gasteiger partial charge in [-0.05, 0) is 44.0 Å². The number of rotatable bonds is 6. The summed E-state index contributed by atoms with van der Waals surface area (Å²) in [6.07, 6.45) is 2.55. The van der Waals surface area contributed by atoms with Crippen molar-refractivity contribution in [3.8, 4) is 11.5 Å². The summed E-state index contributed by atoms with van der Waals surface area (Å²) < 4.78 is 11.3. The second-order valence-corrected chi connectivity index (χ2v) is 5.46. The first kappa shape index (κ1) is 15.6. The quantitative estimate of drug-likeness (QED) is 0.842. The largest absolute Gasteiger partial charge is 0.493 e. The van der Waals surface area contributed by atoms with E-state index >= 15 is 0 Å². The van der Waals surface area contributed by atoms with E-state index in [1.165, 1.54) is 5.56 Å². The fourth-order valence-electron chi connectivity index (χ4n) is 2.84. The molecule has 1 aromatic rings. The molecule has 0 heterocycles. The molecule has 0 amide bonds. The average Bonchev–Trinajstić information content (AvgIpc) is 2.92. The maximum Gasteiger partial charge on any atom is 0.324 e. The Morgan fingerprint density at radius 2 is 2.24 bits per heavy atom. The normalized spacial score (nSPS) is 24.8. The number of aryl methyl sites for hydroxylation is 1. The van der Waals surface area contributed by atoms with Crippen LogP contribution in [0.1, 0.15) is 31.7 Å². The molecule has 5 heteroatoms. The molecule has 1 aliphatic carbocycles. The van der Waals surface area contributed by atoms with Gasteiger partial charge in [-0.1, -0.05) is 13.0 Å². The van der Waals surface area contributed by atoms with Gasteiger partial charge in [-0.15, -0.1) is 0 Å². The van der Waals surface area contributed by atoms with Crippen molar-refractivity contribution in [1.82, 2.24) is 5.32 Å². The van der Waals surface area contributed by atoms with Crippen LogP contribution in [0.5, 0.6) is 11.5 Å². The van der Waals surface area contributed by atoms with Crippen LogP contribution in [0.3, 0.4) is 0 Å². The number of carboxylic acids is 1. The molecule has 2 N–H and O–H groups in total. The van der Waals surface area contributed by atoms with Crippen molar-refractivity contribution in [2.24, 2.45) is 0 Å². The van der Waals surface area contributed by atoms with E-state index in [0.717, 1.165) is 6.42 Å². The van der Waals surface area contributed by atoms with Gasteiger partial charge in [0.05, 0.1) is 7.11 Å². The molecule has 1 aliphatic rings. The molecular weight excluding hydrogens is 270 g/mol. The Kier molecular flexibility index (Phi) is 4.73. The molecule has 0 spiro atoms. The van der Waals surface area contributed by atoms with Crippen molar-refractivity contribution in [3.63, 3.8) is 0 Å². The Bertz CT molecular complexity index is 517. The highest BCUT2D eigenvalue weighted by Crippen LogP contribution is 2.36. The zero-order valence-corrected chi connectivity index (χ0v) is 12.8. The van der Waals surface area contributed by atoms with E-state index in [-0.39, 0.29) is 6.10 Å². The van der Waals surface area contributed by atoms with Crippen LogP contribution in [0.15, 0.2) is 18.2 Å². The lowest BCUT2D eigenvalue weighted by molar-refractivity contribution is -0.144. The second kappa shape index (κ2) is 6.35. The van der Waals surface area contributed by atoms with Crippen LogP contribution in [-0.4, -0.2) is 36.9 Å². The predicted molar refractivity (Wildman–Crippen MR) is 80.1 cm³/mol. The van der Waals surface area contributed by atoms with E-state index in [0.29, 0.717) is 30.8 Å². The van der Waals surface area contributed by atoms with Gasteiger partial charge < -0.3 is 19.9 Å². The molecule has 1 saturated carbocycles. The third kappa shape index (κ3) is 3.13. The summed E-state index contributed by atoms with van der Waals surface area (Å²) in [5.74, 6) is 0.563. The molecule has 1 fully saturated rings. The Hall–Kier alpha value is -1.75. The van der Waals surface area contributed by atoms with Gasteiger partial charge in [0.15, 0.2) is 11.5 Å². The fourth-order valence-corrected chi connectivity index (χ4v) is 2.84. The number of nitrogens with one attached hydrogen (secondary N) is 1. The fraction of sp³-hybridized carbons (Fsp3) is 0.562. The van der Waals surface area contributed by atoms with Gasteiger partial charge >= 0.3 is 5.97 Å². The zero-order valence-electron chi connectivity index (χ0n) is 12.8. The summed E-state index contributed by atoms with van der Waals surface area (Å²) in [6, 6.07) is 5.87. The van der Waals surface area contributed by atoms with Gasteiger partial charge in [0.25, 0.3) is 0 Å². The van der Waals surface area contributed by atoms with Crippen LogP contribution in [0, 0.1) is 0 Å². The molecule has 116 valence electrons. The highest BCUT2D eigenvalue weighted by Gasteiger charge is 2.45. The van der Waals surface area contributed by atoms with E-state index < -0.39 is 11.5 Å². The lowest BCUT2D eigenvalue weighted by Gasteiger charge is -2.23. The first-order valence-electron chi connectivity index (χ1n) is 7.30. The van der Waals surface area contributed by atoms with Crippen molar-refractivity contribution >= 4 is 5.97 Å². The molecule has 2 unspecified atom stereocenters. The molecule has 0 aliphatic heterocycles. The number of benzene rings is 1. The number of carbonyl (C=O) groups is 1. The number of hydrogen-bond acceptors (Lipinski definition) is 4. The molecular formula is C16H23NO4. The van der Waals surface area contributed by atoms with Gasteiger partial charge in [-0.25, -0.2) is 0 Å². The summed E-state index contributed by atoms with van der Waals surface area (Å²) in [7, 11) is 3.30. The molecule has 0 bridgehead atoms.